The largest absolute Gasteiger partial charge is 0.389 e. The molecule has 0 radical (unpaired) electrons. The van der Waals surface area contributed by atoms with Crippen LogP contribution in [-0.2, 0) is 0 Å². The molecule has 1 aliphatic carbocycles. The lowest BCUT2D eigenvalue weighted by Gasteiger charge is -2.42. The molecule has 4 atom stereocenters. The normalized spacial score (nSPS) is 28.4. The fourth-order valence-electron chi connectivity index (χ4n) is 3.24. The monoisotopic (exact) mass is 382 g/mol. The minimum atomic E-state index is -0.841. The van der Waals surface area contributed by atoms with E-state index >= 15 is 0 Å². The fourth-order valence-corrected chi connectivity index (χ4v) is 3.85. The average Bonchev–Trinajstić information content (AvgIpc) is 2.48. The molecule has 0 aromatic heterocycles. The van der Waals surface area contributed by atoms with Crippen LogP contribution in [0.5, 0.6) is 0 Å². The van der Waals surface area contributed by atoms with E-state index in [2.05, 4.69) is 55.1 Å². The SMILES string of the molecule is C=CC(C)(O)CCC1C(C)=CC=C(Br)C1(C)CC[C@@H](O)C(=C)C. The van der Waals surface area contributed by atoms with Crippen molar-refractivity contribution in [3.05, 3.63) is 47.0 Å². The number of hydrogen-bond acceptors (Lipinski definition) is 2. The molecular weight excluding hydrogens is 352 g/mol. The van der Waals surface area contributed by atoms with Crippen molar-refractivity contribution in [1.29, 1.82) is 0 Å². The number of aliphatic hydroxyl groups is 2. The van der Waals surface area contributed by atoms with Crippen LogP contribution in [0.4, 0.5) is 0 Å². The van der Waals surface area contributed by atoms with Gasteiger partial charge in [-0.3, -0.25) is 0 Å². The lowest BCUT2D eigenvalue weighted by atomic mass is 9.65. The lowest BCUT2D eigenvalue weighted by Crippen LogP contribution is -2.34. The van der Waals surface area contributed by atoms with E-state index in [1.165, 1.54) is 5.57 Å². The molecule has 0 aliphatic heterocycles. The van der Waals surface area contributed by atoms with Crippen LogP contribution in [-0.4, -0.2) is 21.9 Å². The quantitative estimate of drug-likeness (QED) is 0.560. The zero-order chi connectivity index (χ0) is 17.8. The van der Waals surface area contributed by atoms with Crippen LogP contribution in [0.25, 0.3) is 0 Å². The van der Waals surface area contributed by atoms with Gasteiger partial charge in [-0.25, -0.2) is 0 Å². The van der Waals surface area contributed by atoms with Crippen LogP contribution in [0.15, 0.2) is 47.0 Å². The molecule has 0 aromatic carbocycles. The molecule has 0 spiro atoms. The third kappa shape index (κ3) is 5.17. The van der Waals surface area contributed by atoms with Crippen LogP contribution in [0.2, 0.25) is 0 Å². The molecule has 1 rings (SSSR count). The van der Waals surface area contributed by atoms with Crippen LogP contribution in [0, 0.1) is 11.3 Å². The highest BCUT2D eigenvalue weighted by Crippen LogP contribution is 2.51. The highest BCUT2D eigenvalue weighted by molar-refractivity contribution is 9.11. The van der Waals surface area contributed by atoms with Gasteiger partial charge in [0.15, 0.2) is 0 Å². The van der Waals surface area contributed by atoms with Crippen molar-refractivity contribution in [3.8, 4) is 0 Å². The third-order valence-electron chi connectivity index (χ3n) is 5.24. The molecule has 0 fully saturated rings. The fraction of sp³-hybridized carbons (Fsp3) is 0.600. The molecule has 0 heterocycles. The second-order valence-electron chi connectivity index (χ2n) is 7.40. The van der Waals surface area contributed by atoms with Crippen molar-refractivity contribution in [3.63, 3.8) is 0 Å². The Labute approximate surface area is 149 Å². The van der Waals surface area contributed by atoms with Crippen LogP contribution in [0.3, 0.4) is 0 Å². The summed E-state index contributed by atoms with van der Waals surface area (Å²) >= 11 is 3.73. The summed E-state index contributed by atoms with van der Waals surface area (Å²) in [5, 5.41) is 20.4. The number of aliphatic hydroxyl groups excluding tert-OH is 1. The highest BCUT2D eigenvalue weighted by atomic mass is 79.9. The summed E-state index contributed by atoms with van der Waals surface area (Å²) in [6.07, 6.45) is 8.52. The predicted molar refractivity (Wildman–Crippen MR) is 102 cm³/mol. The summed E-state index contributed by atoms with van der Waals surface area (Å²) in [6.45, 7) is 15.6. The molecule has 130 valence electrons. The minimum Gasteiger partial charge on any atom is -0.389 e. The van der Waals surface area contributed by atoms with Gasteiger partial charge >= 0.3 is 0 Å². The van der Waals surface area contributed by atoms with Gasteiger partial charge < -0.3 is 10.2 Å². The van der Waals surface area contributed by atoms with Crippen LogP contribution >= 0.6 is 15.9 Å². The Kier molecular flexibility index (Phi) is 7.06. The molecule has 2 N–H and O–H groups in total. The minimum absolute atomic E-state index is 0.0769. The number of allylic oxidation sites excluding steroid dienone is 4. The molecule has 0 amide bonds. The number of rotatable bonds is 8. The second kappa shape index (κ2) is 7.96. The van der Waals surface area contributed by atoms with E-state index in [1.54, 1.807) is 13.0 Å². The summed E-state index contributed by atoms with van der Waals surface area (Å²) in [5.41, 5.74) is 1.21. The zero-order valence-electron chi connectivity index (χ0n) is 14.9. The molecule has 1 aliphatic rings. The average molecular weight is 383 g/mol. The van der Waals surface area contributed by atoms with Gasteiger partial charge in [-0.15, -0.1) is 6.58 Å². The van der Waals surface area contributed by atoms with E-state index in [0.29, 0.717) is 18.8 Å². The van der Waals surface area contributed by atoms with E-state index in [9.17, 15) is 10.2 Å². The first-order chi connectivity index (χ1) is 10.5. The summed E-state index contributed by atoms with van der Waals surface area (Å²) < 4.78 is 1.16. The number of hydrogen-bond donors (Lipinski definition) is 2. The van der Waals surface area contributed by atoms with Gasteiger partial charge in [-0.1, -0.05) is 58.8 Å². The van der Waals surface area contributed by atoms with Gasteiger partial charge in [0.2, 0.25) is 0 Å². The van der Waals surface area contributed by atoms with Crippen molar-refractivity contribution in [2.75, 3.05) is 0 Å². The van der Waals surface area contributed by atoms with Gasteiger partial charge in [0.25, 0.3) is 0 Å². The molecule has 23 heavy (non-hydrogen) atoms. The Morgan fingerprint density at radius 3 is 2.65 bits per heavy atom. The number of halogens is 1. The molecule has 0 saturated carbocycles. The van der Waals surface area contributed by atoms with Crippen molar-refractivity contribution >= 4 is 15.9 Å². The van der Waals surface area contributed by atoms with Crippen LogP contribution < -0.4 is 0 Å². The maximum atomic E-state index is 10.3. The van der Waals surface area contributed by atoms with E-state index in [-0.39, 0.29) is 5.41 Å². The smallest absolute Gasteiger partial charge is 0.0797 e. The first-order valence-electron chi connectivity index (χ1n) is 8.27. The van der Waals surface area contributed by atoms with Crippen molar-refractivity contribution in [2.24, 2.45) is 11.3 Å². The predicted octanol–water partition coefficient (Wildman–Crippen LogP) is 5.28. The van der Waals surface area contributed by atoms with Crippen molar-refractivity contribution in [2.45, 2.75) is 65.1 Å². The van der Waals surface area contributed by atoms with Gasteiger partial charge in [0, 0.05) is 9.90 Å². The Morgan fingerprint density at radius 1 is 1.52 bits per heavy atom. The van der Waals surface area contributed by atoms with Crippen molar-refractivity contribution < 1.29 is 10.2 Å². The maximum Gasteiger partial charge on any atom is 0.0797 e. The van der Waals surface area contributed by atoms with E-state index in [4.69, 9.17) is 0 Å². The first kappa shape index (κ1) is 20.4. The van der Waals surface area contributed by atoms with Gasteiger partial charge in [0.1, 0.15) is 0 Å². The standard InChI is InChI=1S/C20H31BrO2/c1-7-19(5,23)12-10-16-15(4)8-9-18(21)20(16,6)13-11-17(22)14(2)3/h7-9,16-17,22-23H,1-2,10-13H2,3-6H3/t16?,17-,19?,20?/m1/s1. The van der Waals surface area contributed by atoms with Crippen molar-refractivity contribution in [1.82, 2.24) is 0 Å². The Morgan fingerprint density at radius 2 is 2.13 bits per heavy atom. The summed E-state index contributed by atoms with van der Waals surface area (Å²) in [5.74, 6) is 0.325. The molecule has 0 saturated heterocycles. The maximum absolute atomic E-state index is 10.3. The first-order valence-corrected chi connectivity index (χ1v) is 9.06. The van der Waals surface area contributed by atoms with Gasteiger partial charge in [-0.05, 0) is 52.4 Å². The Balaban J connectivity index is 2.94. The van der Waals surface area contributed by atoms with E-state index in [0.717, 1.165) is 22.9 Å². The highest BCUT2D eigenvalue weighted by Gasteiger charge is 2.40. The second-order valence-corrected chi connectivity index (χ2v) is 8.25. The zero-order valence-corrected chi connectivity index (χ0v) is 16.5. The Bertz CT molecular complexity index is 516. The Hall–Kier alpha value is -0.640. The van der Waals surface area contributed by atoms with Gasteiger partial charge in [-0.2, -0.15) is 0 Å². The molecule has 0 bridgehead atoms. The summed E-state index contributed by atoms with van der Waals surface area (Å²) in [4.78, 5) is 0. The summed E-state index contributed by atoms with van der Waals surface area (Å²) in [7, 11) is 0. The molecule has 3 unspecified atom stereocenters. The molecule has 2 nitrogen and oxygen atoms in total. The summed E-state index contributed by atoms with van der Waals surface area (Å²) in [6, 6.07) is 0. The third-order valence-corrected chi connectivity index (χ3v) is 6.41. The molecule has 0 aromatic rings. The topological polar surface area (TPSA) is 40.5 Å². The van der Waals surface area contributed by atoms with E-state index in [1.807, 2.05) is 6.92 Å². The lowest BCUT2D eigenvalue weighted by molar-refractivity contribution is 0.0843. The van der Waals surface area contributed by atoms with Gasteiger partial charge in [0.05, 0.1) is 11.7 Å². The molecule has 3 heteroatoms. The molecular formula is C20H31BrO2. The van der Waals surface area contributed by atoms with Crippen LogP contribution in [0.1, 0.15) is 53.4 Å². The van der Waals surface area contributed by atoms with E-state index < -0.39 is 11.7 Å².